The Bertz CT molecular complexity index is 1280. The van der Waals surface area contributed by atoms with Gasteiger partial charge in [0.1, 0.15) is 0 Å². The maximum atomic E-state index is 14.1. The molecule has 2 aromatic carbocycles. The SMILES string of the molecule is CCCN(CC(O)(CNc1cccc2c1cnn2-c1ccccc1)C(F)(F)F)C(=O)c1ccsc1. The van der Waals surface area contributed by atoms with Gasteiger partial charge in [0, 0.05) is 23.0 Å². The van der Waals surface area contributed by atoms with E-state index in [0.29, 0.717) is 28.6 Å². The highest BCUT2D eigenvalue weighted by molar-refractivity contribution is 7.08. The highest BCUT2D eigenvalue weighted by Gasteiger charge is 2.55. The number of hydrogen-bond donors (Lipinski definition) is 2. The molecule has 0 fully saturated rings. The minimum Gasteiger partial charge on any atom is -0.381 e. The predicted octanol–water partition coefficient (Wildman–Crippen LogP) is 5.34. The number of halogens is 3. The highest BCUT2D eigenvalue weighted by atomic mass is 32.1. The van der Waals surface area contributed by atoms with Crippen LogP contribution in [0.25, 0.3) is 16.6 Å². The fraction of sp³-hybridized carbons (Fsp3) is 0.280. The van der Waals surface area contributed by atoms with Gasteiger partial charge in [0.05, 0.1) is 36.1 Å². The number of anilines is 1. The third kappa shape index (κ3) is 5.18. The quantitative estimate of drug-likeness (QED) is 0.324. The number of hydrogen-bond acceptors (Lipinski definition) is 5. The maximum Gasteiger partial charge on any atom is 0.420 e. The summed E-state index contributed by atoms with van der Waals surface area (Å²) in [5.74, 6) is -0.540. The molecule has 2 N–H and O–H groups in total. The van der Waals surface area contributed by atoms with Crippen LogP contribution in [0.1, 0.15) is 23.7 Å². The molecule has 0 aliphatic rings. The lowest BCUT2D eigenvalue weighted by Crippen LogP contribution is -2.58. The zero-order valence-corrected chi connectivity index (χ0v) is 19.8. The highest BCUT2D eigenvalue weighted by Crippen LogP contribution is 2.33. The molecule has 0 saturated carbocycles. The molecular formula is C25H25F3N4O2S. The van der Waals surface area contributed by atoms with Crippen molar-refractivity contribution in [3.63, 3.8) is 0 Å². The van der Waals surface area contributed by atoms with Crippen molar-refractivity contribution in [1.82, 2.24) is 14.7 Å². The van der Waals surface area contributed by atoms with Gasteiger partial charge < -0.3 is 15.3 Å². The summed E-state index contributed by atoms with van der Waals surface area (Å²) in [6, 6.07) is 16.1. The van der Waals surface area contributed by atoms with Crippen molar-refractivity contribution in [3.05, 3.63) is 77.1 Å². The number of amides is 1. The van der Waals surface area contributed by atoms with E-state index in [1.165, 1.54) is 11.3 Å². The average molecular weight is 503 g/mol. The molecule has 2 heterocycles. The Labute approximate surface area is 204 Å². The van der Waals surface area contributed by atoms with E-state index in [1.54, 1.807) is 46.8 Å². The topological polar surface area (TPSA) is 70.4 Å². The molecule has 1 unspecified atom stereocenters. The summed E-state index contributed by atoms with van der Waals surface area (Å²) in [5, 5.41) is 21.8. The summed E-state index contributed by atoms with van der Waals surface area (Å²) in [5.41, 5.74) is -0.936. The van der Waals surface area contributed by atoms with Crippen LogP contribution in [0.4, 0.5) is 18.9 Å². The number of nitrogens with one attached hydrogen (secondary N) is 1. The van der Waals surface area contributed by atoms with E-state index in [0.717, 1.165) is 10.6 Å². The van der Waals surface area contributed by atoms with Crippen LogP contribution in [0.2, 0.25) is 0 Å². The van der Waals surface area contributed by atoms with Gasteiger partial charge in [0.15, 0.2) is 5.60 Å². The molecule has 1 atom stereocenters. The zero-order valence-electron chi connectivity index (χ0n) is 19.0. The Morgan fingerprint density at radius 1 is 1.14 bits per heavy atom. The number of rotatable bonds is 9. The molecule has 1 amide bonds. The molecular weight excluding hydrogens is 477 g/mol. The number of para-hydroxylation sites is 1. The molecule has 6 nitrogen and oxygen atoms in total. The number of aliphatic hydroxyl groups is 1. The van der Waals surface area contributed by atoms with Crippen molar-refractivity contribution in [2.24, 2.45) is 0 Å². The average Bonchev–Trinajstić information content (AvgIpc) is 3.52. The molecule has 0 aliphatic heterocycles. The van der Waals surface area contributed by atoms with E-state index in [2.05, 4.69) is 10.4 Å². The Morgan fingerprint density at radius 2 is 1.91 bits per heavy atom. The van der Waals surface area contributed by atoms with Crippen LogP contribution in [-0.4, -0.2) is 57.1 Å². The van der Waals surface area contributed by atoms with Crippen molar-refractivity contribution in [3.8, 4) is 5.69 Å². The first-order valence-electron chi connectivity index (χ1n) is 11.1. The number of benzene rings is 2. The van der Waals surface area contributed by atoms with E-state index in [4.69, 9.17) is 0 Å². The standard InChI is InChI=1S/C25H25F3N4O2S/c1-2-12-31(23(33)18-11-13-35-15-18)17-24(34,25(26,27)28)16-29-21-9-6-10-22-20(21)14-30-32(22)19-7-4-3-5-8-19/h3-11,13-15,29,34H,2,12,16-17H2,1H3. The Kier molecular flexibility index (Phi) is 7.13. The van der Waals surface area contributed by atoms with Crippen LogP contribution in [-0.2, 0) is 0 Å². The van der Waals surface area contributed by atoms with Crippen LogP contribution >= 0.6 is 11.3 Å². The van der Waals surface area contributed by atoms with Gasteiger partial charge in [-0.15, -0.1) is 0 Å². The van der Waals surface area contributed by atoms with Crippen molar-refractivity contribution >= 4 is 33.8 Å². The smallest absolute Gasteiger partial charge is 0.381 e. The number of carbonyl (C=O) groups excluding carboxylic acids is 1. The lowest BCUT2D eigenvalue weighted by Gasteiger charge is -2.36. The third-order valence-corrected chi connectivity index (χ3v) is 6.40. The fourth-order valence-electron chi connectivity index (χ4n) is 3.87. The Morgan fingerprint density at radius 3 is 2.57 bits per heavy atom. The zero-order chi connectivity index (χ0) is 25.1. The van der Waals surface area contributed by atoms with E-state index in [1.807, 2.05) is 36.4 Å². The first kappa shape index (κ1) is 24.7. The number of nitrogens with zero attached hydrogens (tertiary/aromatic N) is 3. The lowest BCUT2D eigenvalue weighted by atomic mass is 10.0. The van der Waals surface area contributed by atoms with Gasteiger partial charge in [-0.05, 0) is 42.1 Å². The van der Waals surface area contributed by atoms with Crippen molar-refractivity contribution < 1.29 is 23.1 Å². The third-order valence-electron chi connectivity index (χ3n) is 5.71. The first-order valence-corrected chi connectivity index (χ1v) is 12.0. The molecule has 35 heavy (non-hydrogen) atoms. The normalized spacial score (nSPS) is 13.5. The van der Waals surface area contributed by atoms with Gasteiger partial charge in [0.2, 0.25) is 0 Å². The van der Waals surface area contributed by atoms with Crippen LogP contribution in [0.5, 0.6) is 0 Å². The molecule has 0 spiro atoms. The molecule has 4 aromatic rings. The second-order valence-electron chi connectivity index (χ2n) is 8.25. The summed E-state index contributed by atoms with van der Waals surface area (Å²) < 4.78 is 44.0. The molecule has 10 heteroatoms. The summed E-state index contributed by atoms with van der Waals surface area (Å²) in [4.78, 5) is 13.9. The van der Waals surface area contributed by atoms with Crippen molar-refractivity contribution in [2.45, 2.75) is 25.1 Å². The number of alkyl halides is 3. The van der Waals surface area contributed by atoms with Gasteiger partial charge in [-0.1, -0.05) is 31.2 Å². The molecule has 2 aromatic heterocycles. The summed E-state index contributed by atoms with van der Waals surface area (Å²) in [7, 11) is 0. The van der Waals surface area contributed by atoms with Gasteiger partial charge >= 0.3 is 6.18 Å². The van der Waals surface area contributed by atoms with E-state index in [9.17, 15) is 23.1 Å². The minimum absolute atomic E-state index is 0.0898. The molecule has 0 aliphatic carbocycles. The lowest BCUT2D eigenvalue weighted by molar-refractivity contribution is -0.257. The molecule has 4 rings (SSSR count). The number of carbonyl (C=O) groups is 1. The van der Waals surface area contributed by atoms with Crippen molar-refractivity contribution in [2.75, 3.05) is 25.0 Å². The second kappa shape index (κ2) is 10.1. The van der Waals surface area contributed by atoms with Gasteiger partial charge in [0.25, 0.3) is 5.91 Å². The number of aromatic nitrogens is 2. The largest absolute Gasteiger partial charge is 0.420 e. The van der Waals surface area contributed by atoms with Gasteiger partial charge in [-0.3, -0.25) is 4.79 Å². The van der Waals surface area contributed by atoms with Crippen LogP contribution in [0.15, 0.2) is 71.6 Å². The molecule has 0 radical (unpaired) electrons. The fourth-order valence-corrected chi connectivity index (χ4v) is 4.50. The maximum absolute atomic E-state index is 14.1. The Balaban J connectivity index is 1.60. The van der Waals surface area contributed by atoms with Crippen LogP contribution < -0.4 is 5.32 Å². The predicted molar refractivity (Wildman–Crippen MR) is 131 cm³/mol. The Hall–Kier alpha value is -3.37. The minimum atomic E-state index is -4.97. The molecule has 184 valence electrons. The van der Waals surface area contributed by atoms with Crippen LogP contribution in [0.3, 0.4) is 0 Å². The van der Waals surface area contributed by atoms with Crippen LogP contribution in [0, 0.1) is 0 Å². The van der Waals surface area contributed by atoms with E-state index >= 15 is 0 Å². The summed E-state index contributed by atoms with van der Waals surface area (Å²) >= 11 is 1.28. The van der Waals surface area contributed by atoms with Crippen molar-refractivity contribution in [1.29, 1.82) is 0 Å². The summed E-state index contributed by atoms with van der Waals surface area (Å²) in [6.45, 7) is 0.144. The van der Waals surface area contributed by atoms with Gasteiger partial charge in [-0.2, -0.15) is 29.6 Å². The van der Waals surface area contributed by atoms with E-state index in [-0.39, 0.29) is 6.54 Å². The summed E-state index contributed by atoms with van der Waals surface area (Å²) in [6.07, 6.45) is -2.95. The monoisotopic (exact) mass is 502 g/mol. The molecule has 0 bridgehead atoms. The van der Waals surface area contributed by atoms with Gasteiger partial charge in [-0.25, -0.2) is 4.68 Å². The first-order chi connectivity index (χ1) is 16.7. The number of thiophene rings is 1. The van der Waals surface area contributed by atoms with E-state index < -0.39 is 30.8 Å². The number of fused-ring (bicyclic) bond motifs is 1. The molecule has 0 saturated heterocycles. The second-order valence-corrected chi connectivity index (χ2v) is 9.03.